The van der Waals surface area contributed by atoms with Crippen molar-refractivity contribution in [2.75, 3.05) is 0 Å². The van der Waals surface area contributed by atoms with Crippen molar-refractivity contribution >= 4 is 0 Å². The van der Waals surface area contributed by atoms with Crippen molar-refractivity contribution < 1.29 is 41.3 Å². The minimum absolute atomic E-state index is 0. The molecule has 14 heavy (non-hydrogen) atoms. The molecule has 1 saturated carbocycles. The van der Waals surface area contributed by atoms with Gasteiger partial charge in [-0.05, 0) is 26.7 Å². The molecule has 1 aliphatic carbocycles. The summed E-state index contributed by atoms with van der Waals surface area (Å²) in [7, 11) is 0. The minimum atomic E-state index is -0.486. The standard InChI is InChI=1S/C11H17O2.U/c1-8(2)3-4-9-5-10(12)7-11(13)6-9;/h3-4,7,10-13H,5-6H2,1-2H3;/q-1;+2. The van der Waals surface area contributed by atoms with Gasteiger partial charge in [-0.3, -0.25) is 6.42 Å². The van der Waals surface area contributed by atoms with Gasteiger partial charge in [0.05, 0.1) is 0 Å². The second-order valence-electron chi connectivity index (χ2n) is 3.80. The average molecular weight is 419 g/mol. The second kappa shape index (κ2) is 6.85. The van der Waals surface area contributed by atoms with E-state index in [1.807, 2.05) is 26.0 Å². The fourth-order valence-electron chi connectivity index (χ4n) is 1.43. The van der Waals surface area contributed by atoms with Gasteiger partial charge in [0.25, 0.3) is 0 Å². The molecular weight excluding hydrogens is 402 g/mol. The van der Waals surface area contributed by atoms with Crippen molar-refractivity contribution in [2.24, 2.45) is 0 Å². The molecular formula is C11H17O2U+. The van der Waals surface area contributed by atoms with Crippen molar-refractivity contribution in [1.29, 1.82) is 0 Å². The van der Waals surface area contributed by atoms with Crippen LogP contribution in [0.5, 0.6) is 0 Å². The van der Waals surface area contributed by atoms with E-state index in [1.54, 1.807) is 6.42 Å². The van der Waals surface area contributed by atoms with Crippen LogP contribution in [0.15, 0.2) is 23.3 Å². The summed E-state index contributed by atoms with van der Waals surface area (Å²) in [5.74, 6) is 0. The molecule has 0 aromatic carbocycles. The smallest absolute Gasteiger partial charge is 0.425 e. The molecule has 2 atom stereocenters. The van der Waals surface area contributed by atoms with Gasteiger partial charge in [0.2, 0.25) is 0 Å². The summed E-state index contributed by atoms with van der Waals surface area (Å²) < 4.78 is 0. The molecule has 76 valence electrons. The Morgan fingerprint density at radius 3 is 2.21 bits per heavy atom. The van der Waals surface area contributed by atoms with Gasteiger partial charge in [-0.2, -0.15) is 0 Å². The maximum Gasteiger partial charge on any atom is 2.00 e. The summed E-state index contributed by atoms with van der Waals surface area (Å²) in [4.78, 5) is 0. The predicted octanol–water partition coefficient (Wildman–Crippen LogP) is 1.60. The van der Waals surface area contributed by atoms with Gasteiger partial charge >= 0.3 is 31.1 Å². The molecule has 1 aliphatic rings. The van der Waals surface area contributed by atoms with Crippen LogP contribution in [0.4, 0.5) is 0 Å². The molecule has 0 amide bonds. The van der Waals surface area contributed by atoms with Crippen LogP contribution in [0.3, 0.4) is 0 Å². The maximum absolute atomic E-state index is 9.34. The molecule has 0 bridgehead atoms. The van der Waals surface area contributed by atoms with Gasteiger partial charge in [-0.25, -0.2) is 0 Å². The van der Waals surface area contributed by atoms with Crippen molar-refractivity contribution in [2.45, 2.75) is 38.9 Å². The molecule has 1 fully saturated rings. The van der Waals surface area contributed by atoms with E-state index in [4.69, 9.17) is 0 Å². The Balaban J connectivity index is 0.00000169. The van der Waals surface area contributed by atoms with Gasteiger partial charge < -0.3 is 10.2 Å². The van der Waals surface area contributed by atoms with Crippen molar-refractivity contribution in [3.63, 3.8) is 0 Å². The van der Waals surface area contributed by atoms with Gasteiger partial charge in [0, 0.05) is 0 Å². The number of rotatable bonds is 1. The quantitative estimate of drug-likeness (QED) is 0.635. The van der Waals surface area contributed by atoms with Crippen molar-refractivity contribution in [1.82, 2.24) is 0 Å². The zero-order chi connectivity index (χ0) is 9.84. The first-order chi connectivity index (χ1) is 6.08. The zero-order valence-corrected chi connectivity index (χ0v) is 12.9. The van der Waals surface area contributed by atoms with Crippen LogP contribution in [0.25, 0.3) is 0 Å². The van der Waals surface area contributed by atoms with E-state index >= 15 is 0 Å². The molecule has 0 aromatic rings. The Morgan fingerprint density at radius 1 is 1.29 bits per heavy atom. The molecule has 2 nitrogen and oxygen atoms in total. The molecule has 3 heteroatoms. The topological polar surface area (TPSA) is 40.5 Å². The molecule has 0 saturated heterocycles. The van der Waals surface area contributed by atoms with Crippen LogP contribution in [-0.4, -0.2) is 22.4 Å². The molecule has 0 aliphatic heterocycles. The van der Waals surface area contributed by atoms with Gasteiger partial charge in [-0.15, -0.1) is 0 Å². The van der Waals surface area contributed by atoms with Crippen LogP contribution in [0.1, 0.15) is 26.7 Å². The van der Waals surface area contributed by atoms with Gasteiger partial charge in [0.15, 0.2) is 0 Å². The van der Waals surface area contributed by atoms with Crippen LogP contribution in [0.2, 0.25) is 0 Å². The Kier molecular flexibility index (Phi) is 7.07. The Morgan fingerprint density at radius 2 is 1.79 bits per heavy atom. The third kappa shape index (κ3) is 5.36. The summed E-state index contributed by atoms with van der Waals surface area (Å²) >= 11 is 0. The number of aliphatic hydroxyl groups is 2. The Bertz CT molecular complexity index is 217. The van der Waals surface area contributed by atoms with Crippen LogP contribution < -0.4 is 0 Å². The van der Waals surface area contributed by atoms with Gasteiger partial charge in [-0.1, -0.05) is 35.5 Å². The summed E-state index contributed by atoms with van der Waals surface area (Å²) in [5.41, 5.74) is 2.34. The van der Waals surface area contributed by atoms with Crippen LogP contribution in [0, 0.1) is 37.5 Å². The SMILES string of the molecule is CC(C)=CC=C1CC(O)[CH-]C(O)C1.[U+2]. The van der Waals surface area contributed by atoms with Crippen LogP contribution >= 0.6 is 0 Å². The molecule has 1 rings (SSSR count). The average Bonchev–Trinajstić information content (AvgIpc) is 1.99. The minimum Gasteiger partial charge on any atom is -0.425 e. The second-order valence-corrected chi connectivity index (χ2v) is 3.80. The van der Waals surface area contributed by atoms with Gasteiger partial charge in [0.1, 0.15) is 0 Å². The normalized spacial score (nSPS) is 26.4. The Labute approximate surface area is 109 Å². The zero-order valence-electron chi connectivity index (χ0n) is 8.70. The van der Waals surface area contributed by atoms with E-state index in [0.29, 0.717) is 12.8 Å². The number of aliphatic hydroxyl groups excluding tert-OH is 2. The van der Waals surface area contributed by atoms with E-state index in [9.17, 15) is 10.2 Å². The van der Waals surface area contributed by atoms with E-state index in [2.05, 4.69) is 0 Å². The first-order valence-corrected chi connectivity index (χ1v) is 4.62. The molecule has 0 radical (unpaired) electrons. The van der Waals surface area contributed by atoms with E-state index in [-0.39, 0.29) is 31.1 Å². The summed E-state index contributed by atoms with van der Waals surface area (Å²) in [6, 6.07) is 0. The fourth-order valence-corrected chi connectivity index (χ4v) is 1.43. The molecule has 0 heterocycles. The van der Waals surface area contributed by atoms with Crippen LogP contribution in [-0.2, 0) is 0 Å². The number of hydrogen-bond donors (Lipinski definition) is 2. The molecule has 0 spiro atoms. The molecule has 2 N–H and O–H groups in total. The summed E-state index contributed by atoms with van der Waals surface area (Å²) in [6.45, 7) is 4.05. The summed E-state index contributed by atoms with van der Waals surface area (Å²) in [6.07, 6.45) is 5.93. The fraction of sp³-hybridized carbons (Fsp3) is 0.545. The monoisotopic (exact) mass is 419 g/mol. The summed E-state index contributed by atoms with van der Waals surface area (Å²) in [5, 5.41) is 18.7. The van der Waals surface area contributed by atoms with E-state index in [1.165, 1.54) is 5.57 Å². The third-order valence-corrected chi connectivity index (χ3v) is 2.04. The largest absolute Gasteiger partial charge is 2.00 e. The van der Waals surface area contributed by atoms with E-state index in [0.717, 1.165) is 5.57 Å². The predicted molar refractivity (Wildman–Crippen MR) is 53.1 cm³/mol. The Hall–Kier alpha value is 0.452. The van der Waals surface area contributed by atoms with E-state index < -0.39 is 12.2 Å². The number of hydrogen-bond acceptors (Lipinski definition) is 2. The van der Waals surface area contributed by atoms with Crippen molar-refractivity contribution in [3.05, 3.63) is 29.7 Å². The third-order valence-electron chi connectivity index (χ3n) is 2.04. The maximum atomic E-state index is 9.34. The molecule has 2 unspecified atom stereocenters. The first kappa shape index (κ1) is 14.5. The number of allylic oxidation sites excluding steroid dienone is 3. The molecule has 0 aromatic heterocycles. The first-order valence-electron chi connectivity index (χ1n) is 4.62. The van der Waals surface area contributed by atoms with Crippen molar-refractivity contribution in [3.8, 4) is 0 Å².